The summed E-state index contributed by atoms with van der Waals surface area (Å²) in [7, 11) is 0. The average molecular weight is 242 g/mol. The number of hydrogen-bond acceptors (Lipinski definition) is 4. The Morgan fingerprint density at radius 2 is 2.11 bits per heavy atom. The minimum atomic E-state index is 0.590. The lowest BCUT2D eigenvalue weighted by Gasteiger charge is -1.94. The van der Waals surface area contributed by atoms with Gasteiger partial charge in [-0.25, -0.2) is 9.67 Å². The maximum Gasteiger partial charge on any atom is 0.137 e. The van der Waals surface area contributed by atoms with E-state index in [-0.39, 0.29) is 0 Å². The van der Waals surface area contributed by atoms with E-state index in [1.54, 1.807) is 4.68 Å². The van der Waals surface area contributed by atoms with E-state index in [0.29, 0.717) is 13.1 Å². The van der Waals surface area contributed by atoms with Crippen LogP contribution in [0.3, 0.4) is 0 Å². The summed E-state index contributed by atoms with van der Waals surface area (Å²) in [6.45, 7) is 1.21. The van der Waals surface area contributed by atoms with Crippen molar-refractivity contribution >= 4 is 5.65 Å². The van der Waals surface area contributed by atoms with Gasteiger partial charge in [0, 0.05) is 25.0 Å². The predicted octanol–water partition coefficient (Wildman–Crippen LogP) is 0.475. The molecule has 0 saturated heterocycles. The van der Waals surface area contributed by atoms with Gasteiger partial charge < -0.3 is 10.1 Å². The van der Waals surface area contributed by atoms with E-state index in [2.05, 4.69) is 15.3 Å². The molecule has 0 atom stereocenters. The Bertz CT molecular complexity index is 620. The number of aromatic nitrogens is 5. The van der Waals surface area contributed by atoms with Crippen molar-refractivity contribution in [3.05, 3.63) is 48.2 Å². The van der Waals surface area contributed by atoms with Crippen molar-refractivity contribution in [2.45, 2.75) is 13.0 Å². The van der Waals surface area contributed by atoms with Crippen molar-refractivity contribution in [3.8, 4) is 0 Å². The largest absolute Gasteiger partial charge is 0.330 e. The molecule has 0 saturated carbocycles. The van der Waals surface area contributed by atoms with Crippen LogP contribution in [-0.4, -0.2) is 30.9 Å². The van der Waals surface area contributed by atoms with Crippen LogP contribution in [0.25, 0.3) is 5.65 Å². The van der Waals surface area contributed by atoms with Gasteiger partial charge in [-0.1, -0.05) is 11.3 Å². The van der Waals surface area contributed by atoms with Crippen molar-refractivity contribution in [3.63, 3.8) is 0 Å². The summed E-state index contributed by atoms with van der Waals surface area (Å²) >= 11 is 0. The minimum absolute atomic E-state index is 0.590. The van der Waals surface area contributed by atoms with Crippen LogP contribution in [-0.2, 0) is 13.0 Å². The zero-order chi connectivity index (χ0) is 12.4. The Morgan fingerprint density at radius 1 is 1.17 bits per heavy atom. The van der Waals surface area contributed by atoms with Crippen molar-refractivity contribution < 1.29 is 0 Å². The lowest BCUT2D eigenvalue weighted by Crippen LogP contribution is -2.03. The monoisotopic (exact) mass is 242 g/mol. The third-order valence-corrected chi connectivity index (χ3v) is 2.72. The molecule has 3 aromatic rings. The van der Waals surface area contributed by atoms with Crippen LogP contribution in [0.2, 0.25) is 0 Å². The van der Waals surface area contributed by atoms with Crippen molar-refractivity contribution in [2.24, 2.45) is 5.73 Å². The van der Waals surface area contributed by atoms with Gasteiger partial charge in [-0.15, -0.1) is 5.10 Å². The molecule has 0 aliphatic heterocycles. The maximum absolute atomic E-state index is 5.48. The Morgan fingerprint density at radius 3 is 2.94 bits per heavy atom. The second-order valence-electron chi connectivity index (χ2n) is 4.14. The number of rotatable bonds is 4. The minimum Gasteiger partial charge on any atom is -0.330 e. The Hall–Kier alpha value is -2.21. The van der Waals surface area contributed by atoms with Crippen LogP contribution in [0.15, 0.2) is 36.8 Å². The summed E-state index contributed by atoms with van der Waals surface area (Å²) in [5.74, 6) is 0. The summed E-state index contributed by atoms with van der Waals surface area (Å²) in [6.07, 6.45) is 6.65. The summed E-state index contributed by atoms with van der Waals surface area (Å²) in [6, 6.07) is 5.93. The predicted molar refractivity (Wildman–Crippen MR) is 67.1 cm³/mol. The van der Waals surface area contributed by atoms with Crippen LogP contribution in [0.5, 0.6) is 0 Å². The fraction of sp³-hybridized carbons (Fsp3) is 0.250. The summed E-state index contributed by atoms with van der Waals surface area (Å²) in [4.78, 5) is 4.51. The lowest BCUT2D eigenvalue weighted by atomic mass is 10.3. The van der Waals surface area contributed by atoms with E-state index < -0.39 is 0 Å². The number of imidazole rings is 1. The van der Waals surface area contributed by atoms with E-state index in [4.69, 9.17) is 5.73 Å². The molecule has 0 aliphatic rings. The number of fused-ring (bicyclic) bond motifs is 1. The van der Waals surface area contributed by atoms with E-state index in [9.17, 15) is 0 Å². The second kappa shape index (κ2) is 4.58. The molecule has 0 fully saturated rings. The van der Waals surface area contributed by atoms with E-state index in [1.165, 1.54) is 0 Å². The van der Waals surface area contributed by atoms with Crippen LogP contribution < -0.4 is 5.73 Å². The second-order valence-corrected chi connectivity index (χ2v) is 4.14. The Kier molecular flexibility index (Phi) is 2.77. The van der Waals surface area contributed by atoms with Crippen LogP contribution in [0.1, 0.15) is 11.4 Å². The molecule has 0 aromatic carbocycles. The standard InChI is InChI=1S/C12H14N6/c13-5-4-10-8-18(16-15-10)9-11-7-17-6-2-1-3-12(17)14-11/h1-3,6-8H,4-5,9,13H2. The third kappa shape index (κ3) is 2.10. The van der Waals surface area contributed by atoms with Crippen LogP contribution in [0, 0.1) is 0 Å². The molecule has 6 nitrogen and oxygen atoms in total. The molecule has 0 bridgehead atoms. The number of nitrogens with zero attached hydrogens (tertiary/aromatic N) is 5. The van der Waals surface area contributed by atoms with E-state index in [0.717, 1.165) is 23.5 Å². The zero-order valence-electron chi connectivity index (χ0n) is 9.90. The molecule has 18 heavy (non-hydrogen) atoms. The van der Waals surface area contributed by atoms with Crippen LogP contribution >= 0.6 is 0 Å². The molecule has 3 heterocycles. The van der Waals surface area contributed by atoms with Gasteiger partial charge in [0.1, 0.15) is 5.65 Å². The molecule has 0 unspecified atom stereocenters. The molecule has 0 amide bonds. The average Bonchev–Trinajstić information content (AvgIpc) is 2.96. The first-order valence-corrected chi connectivity index (χ1v) is 5.87. The highest BCUT2D eigenvalue weighted by Gasteiger charge is 2.04. The molecule has 6 heteroatoms. The quantitative estimate of drug-likeness (QED) is 0.722. The number of nitrogens with two attached hydrogens (primary N) is 1. The lowest BCUT2D eigenvalue weighted by molar-refractivity contribution is 0.640. The number of pyridine rings is 1. The maximum atomic E-state index is 5.48. The normalized spacial score (nSPS) is 11.2. The summed E-state index contributed by atoms with van der Waals surface area (Å²) < 4.78 is 3.78. The first kappa shape index (κ1) is 10.9. The Labute approximate surface area is 104 Å². The van der Waals surface area contributed by atoms with Gasteiger partial charge in [-0.2, -0.15) is 0 Å². The van der Waals surface area contributed by atoms with Crippen molar-refractivity contribution in [1.29, 1.82) is 0 Å². The molecule has 0 spiro atoms. The molecule has 92 valence electrons. The zero-order valence-corrected chi connectivity index (χ0v) is 9.90. The summed E-state index contributed by atoms with van der Waals surface area (Å²) in [5, 5.41) is 8.12. The fourth-order valence-electron chi connectivity index (χ4n) is 1.91. The summed E-state index contributed by atoms with van der Waals surface area (Å²) in [5.41, 5.74) is 8.30. The van der Waals surface area contributed by atoms with Gasteiger partial charge >= 0.3 is 0 Å². The van der Waals surface area contributed by atoms with Gasteiger partial charge in [0.05, 0.1) is 17.9 Å². The molecule has 3 aromatic heterocycles. The molecule has 0 radical (unpaired) electrons. The SMILES string of the molecule is NCCc1cn(Cc2cn3ccccc3n2)nn1. The van der Waals surface area contributed by atoms with Gasteiger partial charge in [0.2, 0.25) is 0 Å². The molecule has 2 N–H and O–H groups in total. The highest BCUT2D eigenvalue weighted by molar-refractivity contribution is 5.39. The number of hydrogen-bond donors (Lipinski definition) is 1. The van der Waals surface area contributed by atoms with E-state index in [1.807, 2.05) is 41.2 Å². The van der Waals surface area contributed by atoms with Gasteiger partial charge in [0.25, 0.3) is 0 Å². The van der Waals surface area contributed by atoms with Gasteiger partial charge in [-0.3, -0.25) is 0 Å². The van der Waals surface area contributed by atoms with E-state index >= 15 is 0 Å². The van der Waals surface area contributed by atoms with Crippen LogP contribution in [0.4, 0.5) is 0 Å². The fourth-order valence-corrected chi connectivity index (χ4v) is 1.91. The highest BCUT2D eigenvalue weighted by Crippen LogP contribution is 2.06. The smallest absolute Gasteiger partial charge is 0.137 e. The first-order chi connectivity index (χ1) is 8.85. The van der Waals surface area contributed by atoms with Gasteiger partial charge in [-0.05, 0) is 18.7 Å². The first-order valence-electron chi connectivity index (χ1n) is 5.87. The molecule has 3 rings (SSSR count). The Balaban J connectivity index is 1.82. The third-order valence-electron chi connectivity index (χ3n) is 2.72. The molecular weight excluding hydrogens is 228 g/mol. The van der Waals surface area contributed by atoms with Crippen molar-refractivity contribution in [2.75, 3.05) is 6.54 Å². The van der Waals surface area contributed by atoms with Gasteiger partial charge in [0.15, 0.2) is 0 Å². The molecule has 0 aliphatic carbocycles. The van der Waals surface area contributed by atoms with Crippen molar-refractivity contribution in [1.82, 2.24) is 24.4 Å². The topological polar surface area (TPSA) is 74.0 Å². The molecular formula is C12H14N6. The highest BCUT2D eigenvalue weighted by atomic mass is 15.4.